The molecule has 0 bridgehead atoms. The van der Waals surface area contributed by atoms with Gasteiger partial charge in [-0.1, -0.05) is 69.3 Å². The van der Waals surface area contributed by atoms with Crippen LogP contribution < -0.4 is 9.64 Å². The van der Waals surface area contributed by atoms with Crippen LogP contribution in [0.25, 0.3) is 11.1 Å². The van der Waals surface area contributed by atoms with E-state index in [0.717, 1.165) is 16.0 Å². The number of carboxylic acid groups (broad SMARTS) is 1. The van der Waals surface area contributed by atoms with Gasteiger partial charge in [-0.3, -0.25) is 9.69 Å². The van der Waals surface area contributed by atoms with Crippen LogP contribution in [0.15, 0.2) is 72.8 Å². The summed E-state index contributed by atoms with van der Waals surface area (Å²) in [6.07, 6.45) is -4.80. The van der Waals surface area contributed by atoms with Crippen LogP contribution in [0.5, 0.6) is 5.75 Å². The smallest absolute Gasteiger partial charge is 0.474 e. The molecule has 0 saturated carbocycles. The number of carbonyl (C=O) groups excluding carboxylic acids is 1. The lowest BCUT2D eigenvalue weighted by Crippen LogP contribution is -2.36. The Bertz CT molecular complexity index is 1160. The van der Waals surface area contributed by atoms with Gasteiger partial charge in [-0.05, 0) is 51.9 Å². The van der Waals surface area contributed by atoms with Crippen molar-refractivity contribution in [1.29, 1.82) is 0 Å². The minimum atomic E-state index is -4.80. The van der Waals surface area contributed by atoms with Crippen molar-refractivity contribution in [3.8, 4) is 16.9 Å². The largest absolute Gasteiger partial charge is 0.573 e. The van der Waals surface area contributed by atoms with E-state index in [1.165, 1.54) is 18.2 Å². The molecule has 178 valence electrons. The molecule has 0 aliphatic rings. The van der Waals surface area contributed by atoms with E-state index in [9.17, 15) is 27.9 Å². The predicted molar refractivity (Wildman–Crippen MR) is 123 cm³/mol. The Kier molecular flexibility index (Phi) is 7.00. The fourth-order valence-corrected chi connectivity index (χ4v) is 3.40. The number of amides is 1. The predicted octanol–water partition coefficient (Wildman–Crippen LogP) is 6.17. The molecule has 3 aromatic rings. The molecule has 0 aliphatic heterocycles. The lowest BCUT2D eigenvalue weighted by molar-refractivity contribution is -0.274. The van der Waals surface area contributed by atoms with Crippen molar-refractivity contribution >= 4 is 17.6 Å². The number of anilines is 1. The average molecular weight is 471 g/mol. The Labute approximate surface area is 195 Å². The first-order valence-corrected chi connectivity index (χ1v) is 10.4. The number of carbonyl (C=O) groups is 2. The topological polar surface area (TPSA) is 66.8 Å². The minimum Gasteiger partial charge on any atom is -0.474 e. The number of alkyl halides is 3. The first-order chi connectivity index (χ1) is 15.8. The first-order valence-electron chi connectivity index (χ1n) is 10.4. The molecule has 1 amide bonds. The van der Waals surface area contributed by atoms with Gasteiger partial charge >= 0.3 is 18.2 Å². The van der Waals surface area contributed by atoms with Crippen LogP contribution in [0.2, 0.25) is 0 Å². The van der Waals surface area contributed by atoms with Gasteiger partial charge in [0.1, 0.15) is 5.75 Å². The molecule has 34 heavy (non-hydrogen) atoms. The quantitative estimate of drug-likeness (QED) is 0.452. The van der Waals surface area contributed by atoms with Gasteiger partial charge in [0.15, 0.2) is 0 Å². The maximum Gasteiger partial charge on any atom is 0.573 e. The number of benzene rings is 3. The molecule has 3 aromatic carbocycles. The van der Waals surface area contributed by atoms with Crippen LogP contribution in [0.4, 0.5) is 18.9 Å². The van der Waals surface area contributed by atoms with Gasteiger partial charge in [-0.25, -0.2) is 4.79 Å². The van der Waals surface area contributed by atoms with Gasteiger partial charge < -0.3 is 9.84 Å². The van der Waals surface area contributed by atoms with Crippen molar-refractivity contribution < 1.29 is 32.6 Å². The van der Waals surface area contributed by atoms with E-state index in [4.69, 9.17) is 0 Å². The Balaban J connectivity index is 1.86. The number of hydrogen-bond donors (Lipinski definition) is 1. The number of halogens is 3. The molecule has 0 fully saturated rings. The van der Waals surface area contributed by atoms with Crippen LogP contribution in [0, 0.1) is 0 Å². The summed E-state index contributed by atoms with van der Waals surface area (Å²) in [7, 11) is 0. The van der Waals surface area contributed by atoms with E-state index >= 15 is 0 Å². The maximum atomic E-state index is 12.5. The second-order valence-corrected chi connectivity index (χ2v) is 8.77. The third-order valence-corrected chi connectivity index (χ3v) is 5.17. The highest BCUT2D eigenvalue weighted by Crippen LogP contribution is 2.30. The zero-order valence-corrected chi connectivity index (χ0v) is 18.9. The molecule has 0 aliphatic carbocycles. The Morgan fingerprint density at radius 2 is 1.50 bits per heavy atom. The third-order valence-electron chi connectivity index (χ3n) is 5.17. The molecule has 0 atom stereocenters. The summed E-state index contributed by atoms with van der Waals surface area (Å²) >= 11 is 0. The summed E-state index contributed by atoms with van der Waals surface area (Å²) in [5.74, 6) is -3.03. The van der Waals surface area contributed by atoms with E-state index in [1.54, 1.807) is 30.3 Å². The zero-order chi connectivity index (χ0) is 25.1. The number of carboxylic acids is 1. The van der Waals surface area contributed by atoms with E-state index in [2.05, 4.69) is 25.5 Å². The maximum absolute atomic E-state index is 12.5. The van der Waals surface area contributed by atoms with E-state index in [0.29, 0.717) is 16.8 Å². The summed E-state index contributed by atoms with van der Waals surface area (Å²) in [6, 6.07) is 19.4. The molecule has 1 N–H and O–H groups in total. The van der Waals surface area contributed by atoms with E-state index in [-0.39, 0.29) is 17.7 Å². The Morgan fingerprint density at radius 1 is 0.882 bits per heavy atom. The van der Waals surface area contributed by atoms with Crippen LogP contribution >= 0.6 is 0 Å². The number of ether oxygens (including phenoxy) is 1. The second-order valence-electron chi connectivity index (χ2n) is 8.77. The van der Waals surface area contributed by atoms with Crippen molar-refractivity contribution in [2.75, 3.05) is 4.90 Å². The normalized spacial score (nSPS) is 11.7. The first kappa shape index (κ1) is 24.8. The molecule has 3 rings (SSSR count). The van der Waals surface area contributed by atoms with Crippen molar-refractivity contribution in [2.24, 2.45) is 0 Å². The lowest BCUT2D eigenvalue weighted by Gasteiger charge is -2.23. The number of nitrogens with zero attached hydrogens (tertiary/aromatic N) is 1. The number of aliphatic carboxylic acids is 1. The van der Waals surface area contributed by atoms with Crippen LogP contribution in [0.3, 0.4) is 0 Å². The van der Waals surface area contributed by atoms with Gasteiger partial charge in [-0.2, -0.15) is 0 Å². The van der Waals surface area contributed by atoms with Gasteiger partial charge in [0.25, 0.3) is 0 Å². The van der Waals surface area contributed by atoms with Crippen molar-refractivity contribution in [3.05, 3.63) is 83.9 Å². The monoisotopic (exact) mass is 471 g/mol. The summed E-state index contributed by atoms with van der Waals surface area (Å²) in [5, 5.41) is 9.30. The zero-order valence-electron chi connectivity index (χ0n) is 18.9. The van der Waals surface area contributed by atoms with Crippen molar-refractivity contribution in [2.45, 2.75) is 39.1 Å². The fraction of sp³-hybridized carbons (Fsp3) is 0.231. The molecule has 0 spiro atoms. The SMILES string of the molecule is CC(C)(C)c1ccc(CN(C(=O)C(=O)O)c2ccc(-c3cccc(OC(F)(F)F)c3)cc2)cc1. The molecular formula is C26H24F3NO4. The molecule has 0 aromatic heterocycles. The Morgan fingerprint density at radius 3 is 2.03 bits per heavy atom. The summed E-state index contributed by atoms with van der Waals surface area (Å²) < 4.78 is 41.5. The van der Waals surface area contributed by atoms with Gasteiger partial charge in [0, 0.05) is 5.69 Å². The third kappa shape index (κ3) is 6.37. The molecule has 0 unspecified atom stereocenters. The van der Waals surface area contributed by atoms with Gasteiger partial charge in [-0.15, -0.1) is 13.2 Å². The summed E-state index contributed by atoms with van der Waals surface area (Å²) in [5.41, 5.74) is 3.21. The number of hydrogen-bond acceptors (Lipinski definition) is 3. The van der Waals surface area contributed by atoms with E-state index < -0.39 is 18.2 Å². The summed E-state index contributed by atoms with van der Waals surface area (Å²) in [4.78, 5) is 25.0. The molecule has 0 radical (unpaired) electrons. The highest BCUT2D eigenvalue weighted by molar-refractivity contribution is 6.37. The minimum absolute atomic E-state index is 0.0454. The molecular weight excluding hydrogens is 447 g/mol. The van der Waals surface area contributed by atoms with Crippen molar-refractivity contribution in [3.63, 3.8) is 0 Å². The van der Waals surface area contributed by atoms with Gasteiger partial charge in [0.2, 0.25) is 0 Å². The summed E-state index contributed by atoms with van der Waals surface area (Å²) in [6.45, 7) is 6.28. The fourth-order valence-electron chi connectivity index (χ4n) is 3.40. The van der Waals surface area contributed by atoms with Crippen LogP contribution in [-0.4, -0.2) is 23.3 Å². The molecule has 8 heteroatoms. The lowest BCUT2D eigenvalue weighted by atomic mass is 9.87. The van der Waals surface area contributed by atoms with Gasteiger partial charge in [0.05, 0.1) is 6.54 Å². The highest BCUT2D eigenvalue weighted by atomic mass is 19.4. The van der Waals surface area contributed by atoms with Crippen molar-refractivity contribution in [1.82, 2.24) is 0 Å². The highest BCUT2D eigenvalue weighted by Gasteiger charge is 2.31. The molecule has 5 nitrogen and oxygen atoms in total. The average Bonchev–Trinajstić information content (AvgIpc) is 2.76. The standard InChI is InChI=1S/C26H24F3NO4/c1-25(2,3)20-11-7-17(8-12-20)16-30(23(31)24(32)33)21-13-9-18(10-14-21)19-5-4-6-22(15-19)34-26(27,28)29/h4-15H,16H2,1-3H3,(H,32,33). The van der Waals surface area contributed by atoms with Crippen LogP contribution in [0.1, 0.15) is 31.9 Å². The van der Waals surface area contributed by atoms with E-state index in [1.807, 2.05) is 24.3 Å². The number of rotatable bonds is 5. The second kappa shape index (κ2) is 9.59. The molecule has 0 heterocycles. The van der Waals surface area contributed by atoms with Crippen LogP contribution in [-0.2, 0) is 21.5 Å². The molecule has 0 saturated heterocycles. The Hall–Kier alpha value is -3.81.